The molecular formula is C25H28O10. The van der Waals surface area contributed by atoms with Crippen LogP contribution in [0.2, 0.25) is 0 Å². The zero-order valence-electron chi connectivity index (χ0n) is 19.6. The van der Waals surface area contributed by atoms with Crippen LogP contribution in [-0.4, -0.2) is 66.3 Å². The van der Waals surface area contributed by atoms with Gasteiger partial charge in [0.25, 0.3) is 0 Å². The third kappa shape index (κ3) is 6.78. The van der Waals surface area contributed by atoms with E-state index in [1.165, 1.54) is 21.0 Å². The number of methoxy groups -OCH3 is 1. The molecule has 0 spiro atoms. The Morgan fingerprint density at radius 1 is 0.971 bits per heavy atom. The highest BCUT2D eigenvalue weighted by Gasteiger charge is 2.47. The molecule has 0 saturated carbocycles. The van der Waals surface area contributed by atoms with E-state index in [0.717, 1.165) is 5.56 Å². The molecule has 1 fully saturated rings. The molecule has 188 valence electrons. The average Bonchev–Trinajstić information content (AvgIpc) is 2.84. The molecule has 2 N–H and O–H groups in total. The van der Waals surface area contributed by atoms with Crippen molar-refractivity contribution in [1.82, 2.24) is 0 Å². The van der Waals surface area contributed by atoms with Crippen LogP contribution in [0, 0.1) is 0 Å². The fraction of sp³-hybridized carbons (Fsp3) is 0.400. The van der Waals surface area contributed by atoms with Crippen molar-refractivity contribution < 1.29 is 48.3 Å². The number of benzene rings is 2. The standard InChI is InChI=1S/C25H28O10/c1-14(26)32-13-20-24(34-15(2)27)22(29)21(28)23(35-20)18-6-4-5-16(11-18)12-33-19-9-7-17(8-10-19)25(30)31-3/h4-11,20-24,28-29H,12-13H2,1-3H3/t20-,21+,22-,23-,24-/m1/s1. The predicted octanol–water partition coefficient (Wildman–Crippen LogP) is 1.71. The zero-order valence-corrected chi connectivity index (χ0v) is 19.6. The molecular weight excluding hydrogens is 460 g/mol. The maximum absolute atomic E-state index is 11.5. The summed E-state index contributed by atoms with van der Waals surface area (Å²) in [5.74, 6) is -1.14. The number of carbonyl (C=O) groups is 3. The summed E-state index contributed by atoms with van der Waals surface area (Å²) >= 11 is 0. The van der Waals surface area contributed by atoms with E-state index in [0.29, 0.717) is 16.9 Å². The number of aliphatic hydroxyl groups is 2. The van der Waals surface area contributed by atoms with Gasteiger partial charge in [-0.1, -0.05) is 18.2 Å². The van der Waals surface area contributed by atoms with Gasteiger partial charge in [-0.25, -0.2) is 4.79 Å². The van der Waals surface area contributed by atoms with Crippen LogP contribution in [0.25, 0.3) is 0 Å². The SMILES string of the molecule is COC(=O)c1ccc(OCc2cccc([C@H]3O[C@H](COC(C)=O)[C@@H](OC(C)=O)[C@H](O)[C@@H]3O)c2)cc1. The highest BCUT2D eigenvalue weighted by atomic mass is 16.6. The maximum Gasteiger partial charge on any atom is 0.337 e. The van der Waals surface area contributed by atoms with Crippen LogP contribution in [0.4, 0.5) is 0 Å². The van der Waals surface area contributed by atoms with Crippen LogP contribution < -0.4 is 4.74 Å². The summed E-state index contributed by atoms with van der Waals surface area (Å²) in [4.78, 5) is 34.3. The minimum atomic E-state index is -1.47. The van der Waals surface area contributed by atoms with E-state index in [2.05, 4.69) is 4.74 Å². The van der Waals surface area contributed by atoms with Gasteiger partial charge >= 0.3 is 17.9 Å². The molecule has 10 nitrogen and oxygen atoms in total. The second kappa shape index (κ2) is 11.8. The molecule has 0 amide bonds. The lowest BCUT2D eigenvalue weighted by molar-refractivity contribution is -0.242. The van der Waals surface area contributed by atoms with E-state index in [4.69, 9.17) is 18.9 Å². The summed E-state index contributed by atoms with van der Waals surface area (Å²) in [7, 11) is 1.31. The molecule has 10 heteroatoms. The normalized spacial score (nSPS) is 23.7. The monoisotopic (exact) mass is 488 g/mol. The number of esters is 3. The van der Waals surface area contributed by atoms with Gasteiger partial charge < -0.3 is 33.9 Å². The van der Waals surface area contributed by atoms with E-state index in [9.17, 15) is 24.6 Å². The lowest BCUT2D eigenvalue weighted by Crippen LogP contribution is -2.57. The average molecular weight is 488 g/mol. The molecule has 0 radical (unpaired) electrons. The van der Waals surface area contributed by atoms with Gasteiger partial charge in [0, 0.05) is 13.8 Å². The largest absolute Gasteiger partial charge is 0.489 e. The number of aliphatic hydroxyl groups excluding tert-OH is 2. The second-order valence-corrected chi connectivity index (χ2v) is 8.00. The van der Waals surface area contributed by atoms with Gasteiger partial charge in [-0.15, -0.1) is 0 Å². The Balaban J connectivity index is 1.73. The van der Waals surface area contributed by atoms with Crippen LogP contribution >= 0.6 is 0 Å². The Morgan fingerprint density at radius 3 is 2.31 bits per heavy atom. The van der Waals surface area contributed by atoms with Crippen LogP contribution in [-0.2, 0) is 35.1 Å². The van der Waals surface area contributed by atoms with E-state index < -0.39 is 48.4 Å². The third-order valence-electron chi connectivity index (χ3n) is 5.40. The topological polar surface area (TPSA) is 138 Å². The fourth-order valence-electron chi connectivity index (χ4n) is 3.72. The molecule has 0 aliphatic carbocycles. The Labute approximate surface area is 202 Å². The second-order valence-electron chi connectivity index (χ2n) is 8.00. The lowest BCUT2D eigenvalue weighted by Gasteiger charge is -2.42. The fourth-order valence-corrected chi connectivity index (χ4v) is 3.72. The Bertz CT molecular complexity index is 1030. The number of ether oxygens (including phenoxy) is 5. The summed E-state index contributed by atoms with van der Waals surface area (Å²) in [6.45, 7) is 2.31. The van der Waals surface area contributed by atoms with Crippen molar-refractivity contribution in [3.8, 4) is 5.75 Å². The Kier molecular flexibility index (Phi) is 8.80. The number of hydrogen-bond donors (Lipinski definition) is 2. The predicted molar refractivity (Wildman–Crippen MR) is 120 cm³/mol. The van der Waals surface area contributed by atoms with Gasteiger partial charge in [-0.2, -0.15) is 0 Å². The molecule has 2 aromatic rings. The number of hydrogen-bond acceptors (Lipinski definition) is 10. The highest BCUT2D eigenvalue weighted by Crippen LogP contribution is 2.34. The number of carbonyl (C=O) groups excluding carboxylic acids is 3. The van der Waals surface area contributed by atoms with Crippen molar-refractivity contribution in [2.24, 2.45) is 0 Å². The smallest absolute Gasteiger partial charge is 0.337 e. The van der Waals surface area contributed by atoms with E-state index in [-0.39, 0.29) is 13.2 Å². The van der Waals surface area contributed by atoms with Crippen LogP contribution in [0.5, 0.6) is 5.75 Å². The first-order valence-electron chi connectivity index (χ1n) is 10.9. The van der Waals surface area contributed by atoms with Gasteiger partial charge in [0.1, 0.15) is 43.4 Å². The van der Waals surface area contributed by atoms with Gasteiger partial charge in [0.05, 0.1) is 12.7 Å². The Hall–Kier alpha value is -3.47. The first kappa shape index (κ1) is 26.1. The minimum Gasteiger partial charge on any atom is -0.489 e. The molecule has 35 heavy (non-hydrogen) atoms. The summed E-state index contributed by atoms with van der Waals surface area (Å²) in [5.41, 5.74) is 1.70. The van der Waals surface area contributed by atoms with Gasteiger partial charge in [0.15, 0.2) is 6.10 Å². The molecule has 0 unspecified atom stereocenters. The van der Waals surface area contributed by atoms with Gasteiger partial charge in [-0.3, -0.25) is 9.59 Å². The zero-order chi connectivity index (χ0) is 25.5. The van der Waals surface area contributed by atoms with Gasteiger partial charge in [-0.05, 0) is 41.5 Å². The molecule has 0 aromatic heterocycles. The first-order valence-corrected chi connectivity index (χ1v) is 10.9. The molecule has 2 aromatic carbocycles. The highest BCUT2D eigenvalue weighted by molar-refractivity contribution is 5.89. The van der Waals surface area contributed by atoms with E-state index in [1.54, 1.807) is 42.5 Å². The minimum absolute atomic E-state index is 0.184. The molecule has 1 aliphatic rings. The lowest BCUT2D eigenvalue weighted by atomic mass is 9.90. The molecule has 0 bridgehead atoms. The number of rotatable bonds is 8. The van der Waals surface area contributed by atoms with Crippen LogP contribution in [0.1, 0.15) is 41.4 Å². The molecule has 5 atom stereocenters. The van der Waals surface area contributed by atoms with Crippen molar-refractivity contribution in [3.05, 3.63) is 65.2 Å². The van der Waals surface area contributed by atoms with Crippen molar-refractivity contribution in [2.45, 2.75) is 51.0 Å². The quantitative estimate of drug-likeness (QED) is 0.417. The van der Waals surface area contributed by atoms with Crippen LogP contribution in [0.15, 0.2) is 48.5 Å². The van der Waals surface area contributed by atoms with Gasteiger partial charge in [0.2, 0.25) is 0 Å². The summed E-state index contributed by atoms with van der Waals surface area (Å²) < 4.78 is 26.5. The summed E-state index contributed by atoms with van der Waals surface area (Å²) in [6.07, 6.45) is -6.05. The van der Waals surface area contributed by atoms with E-state index >= 15 is 0 Å². The molecule has 3 rings (SSSR count). The van der Waals surface area contributed by atoms with Crippen molar-refractivity contribution in [2.75, 3.05) is 13.7 Å². The summed E-state index contributed by atoms with van der Waals surface area (Å²) in [6, 6.07) is 13.5. The van der Waals surface area contributed by atoms with Crippen molar-refractivity contribution in [1.29, 1.82) is 0 Å². The van der Waals surface area contributed by atoms with E-state index in [1.807, 2.05) is 6.07 Å². The maximum atomic E-state index is 11.5. The first-order chi connectivity index (χ1) is 16.7. The third-order valence-corrected chi connectivity index (χ3v) is 5.40. The summed E-state index contributed by atoms with van der Waals surface area (Å²) in [5, 5.41) is 21.4. The molecule has 1 saturated heterocycles. The van der Waals surface area contributed by atoms with Crippen molar-refractivity contribution >= 4 is 17.9 Å². The van der Waals surface area contributed by atoms with Crippen molar-refractivity contribution in [3.63, 3.8) is 0 Å². The Morgan fingerprint density at radius 2 is 1.69 bits per heavy atom. The molecule has 1 aliphatic heterocycles. The molecule has 1 heterocycles. The van der Waals surface area contributed by atoms with Crippen LogP contribution in [0.3, 0.4) is 0 Å².